The Kier molecular flexibility index (Phi) is 8.95. The Balaban J connectivity index is 2.59. The Morgan fingerprint density at radius 3 is 2.11 bits per heavy atom. The van der Waals surface area contributed by atoms with Crippen LogP contribution in [-0.2, 0) is 39.5 Å². The molecule has 0 N–H and O–H groups in total. The van der Waals surface area contributed by atoms with E-state index in [1.807, 2.05) is 0 Å². The molecule has 0 unspecified atom stereocenters. The monoisotopic (exact) mass is 525 g/mol. The summed E-state index contributed by atoms with van der Waals surface area (Å²) in [5, 5.41) is -1.13. The fraction of sp³-hybridized carbons (Fsp3) is 0.524. The summed E-state index contributed by atoms with van der Waals surface area (Å²) in [6, 6.07) is 2.19. The Hall–Kier alpha value is -3.06. The molecule has 194 valence electrons. The van der Waals surface area contributed by atoms with Gasteiger partial charge in [0.05, 0.1) is 18.4 Å². The van der Waals surface area contributed by atoms with Crippen LogP contribution in [0.3, 0.4) is 0 Å². The van der Waals surface area contributed by atoms with Crippen LogP contribution < -0.4 is 9.64 Å². The second kappa shape index (κ2) is 11.1. The van der Waals surface area contributed by atoms with Gasteiger partial charge >= 0.3 is 29.5 Å². The van der Waals surface area contributed by atoms with Crippen molar-refractivity contribution in [3.05, 3.63) is 23.8 Å². The molecule has 1 heterocycles. The number of anilines is 1. The van der Waals surface area contributed by atoms with Crippen LogP contribution in [-0.4, -0.2) is 62.0 Å². The number of hydrogen-bond acceptors (Lipinski definition) is 9. The van der Waals surface area contributed by atoms with E-state index < -0.39 is 71.2 Å². The van der Waals surface area contributed by atoms with E-state index in [4.69, 9.17) is 35.3 Å². The summed E-state index contributed by atoms with van der Waals surface area (Å²) in [4.78, 5) is 48.2. The van der Waals surface area contributed by atoms with Gasteiger partial charge in [-0.2, -0.15) is 13.2 Å². The Morgan fingerprint density at radius 2 is 1.63 bits per heavy atom. The summed E-state index contributed by atoms with van der Waals surface area (Å²) >= 11 is 5.46. The van der Waals surface area contributed by atoms with Gasteiger partial charge in [-0.25, -0.2) is 4.79 Å². The third kappa shape index (κ3) is 6.75. The third-order valence-corrected chi connectivity index (χ3v) is 5.31. The summed E-state index contributed by atoms with van der Waals surface area (Å²) in [5.41, 5.74) is -1.51. The predicted molar refractivity (Wildman–Crippen MR) is 113 cm³/mol. The standard InChI is InChI=1S/C21H23ClF3NO9/c1-9-15(32-10(2)27)17(33-11(3)28)19(35-16(9)18(29)31-5)34-14-7-6-12(21(23,24)25)8-13(14)26(4)20(22)30/h6-9,15-17,19H,1-5H3/t9-,15-,16-,17+,19+/m0/s1. The summed E-state index contributed by atoms with van der Waals surface area (Å²) < 4.78 is 66.4. The first-order valence-electron chi connectivity index (χ1n) is 10.1. The highest BCUT2D eigenvalue weighted by atomic mass is 35.5. The van der Waals surface area contributed by atoms with E-state index in [0.717, 1.165) is 34.1 Å². The SMILES string of the molecule is COC(=O)[C@H]1O[C@@H](Oc2ccc(C(F)(F)F)cc2N(C)C(=O)Cl)[C@H](OC(C)=O)[C@@H](OC(C)=O)[C@@H]1C. The van der Waals surface area contributed by atoms with Gasteiger partial charge in [0.2, 0.25) is 12.4 Å². The van der Waals surface area contributed by atoms with Gasteiger partial charge in [-0.3, -0.25) is 19.3 Å². The minimum absolute atomic E-state index is 0.337. The molecule has 0 aromatic heterocycles. The molecular formula is C21H23ClF3NO9. The number of nitrogens with zero attached hydrogens (tertiary/aromatic N) is 1. The Labute approximate surface area is 203 Å². The quantitative estimate of drug-likeness (QED) is 0.238. The van der Waals surface area contributed by atoms with Gasteiger partial charge in [0, 0.05) is 26.8 Å². The van der Waals surface area contributed by atoms with Crippen LogP contribution in [0.1, 0.15) is 26.3 Å². The zero-order chi connectivity index (χ0) is 26.7. The van der Waals surface area contributed by atoms with E-state index in [2.05, 4.69) is 0 Å². The van der Waals surface area contributed by atoms with E-state index in [0.29, 0.717) is 17.0 Å². The molecule has 2 rings (SSSR count). The second-order valence-electron chi connectivity index (χ2n) is 7.57. The van der Waals surface area contributed by atoms with Crippen molar-refractivity contribution in [1.82, 2.24) is 0 Å². The fourth-order valence-electron chi connectivity index (χ4n) is 3.41. The maximum atomic E-state index is 13.3. The van der Waals surface area contributed by atoms with E-state index in [1.54, 1.807) is 0 Å². The topological polar surface area (TPSA) is 118 Å². The van der Waals surface area contributed by atoms with Crippen LogP contribution in [0.5, 0.6) is 5.75 Å². The van der Waals surface area contributed by atoms with E-state index >= 15 is 0 Å². The first kappa shape index (κ1) is 28.2. The average molecular weight is 526 g/mol. The van der Waals surface area contributed by atoms with E-state index in [1.165, 1.54) is 6.92 Å². The van der Waals surface area contributed by atoms with Gasteiger partial charge in [-0.1, -0.05) is 6.92 Å². The van der Waals surface area contributed by atoms with Gasteiger partial charge < -0.3 is 23.7 Å². The maximum Gasteiger partial charge on any atom is 0.416 e. The van der Waals surface area contributed by atoms with Crippen LogP contribution in [0.2, 0.25) is 0 Å². The first-order valence-corrected chi connectivity index (χ1v) is 10.4. The minimum atomic E-state index is -4.75. The lowest BCUT2D eigenvalue weighted by Crippen LogP contribution is -2.60. The van der Waals surface area contributed by atoms with Crippen molar-refractivity contribution in [3.8, 4) is 5.75 Å². The van der Waals surface area contributed by atoms with Gasteiger partial charge in [0.15, 0.2) is 12.2 Å². The molecular weight excluding hydrogens is 503 g/mol. The molecule has 10 nitrogen and oxygen atoms in total. The first-order chi connectivity index (χ1) is 16.2. The molecule has 1 aromatic rings. The summed E-state index contributed by atoms with van der Waals surface area (Å²) in [5.74, 6) is -3.68. The predicted octanol–water partition coefficient (Wildman–Crippen LogP) is 3.28. The van der Waals surface area contributed by atoms with E-state index in [-0.39, 0.29) is 5.75 Å². The minimum Gasteiger partial charge on any atom is -0.467 e. The number of alkyl halides is 3. The number of carbonyl (C=O) groups excluding carboxylic acids is 4. The van der Waals surface area contributed by atoms with Gasteiger partial charge in [0.25, 0.3) is 0 Å². The molecule has 1 aromatic carbocycles. The number of ether oxygens (including phenoxy) is 5. The van der Waals surface area contributed by atoms with Crippen molar-refractivity contribution in [2.75, 3.05) is 19.1 Å². The lowest BCUT2D eigenvalue weighted by atomic mass is 9.90. The molecule has 1 aliphatic heterocycles. The highest BCUT2D eigenvalue weighted by molar-refractivity contribution is 6.66. The summed E-state index contributed by atoms with van der Waals surface area (Å²) in [6.45, 7) is 3.62. The smallest absolute Gasteiger partial charge is 0.416 e. The normalized spacial score (nSPS) is 24.2. The average Bonchev–Trinajstić information content (AvgIpc) is 2.75. The van der Waals surface area contributed by atoms with Crippen LogP contribution in [0.15, 0.2) is 18.2 Å². The molecule has 0 bridgehead atoms. The van der Waals surface area contributed by atoms with Crippen molar-refractivity contribution < 1.29 is 56.0 Å². The van der Waals surface area contributed by atoms with Crippen LogP contribution in [0.25, 0.3) is 0 Å². The molecule has 0 saturated carbocycles. The Bertz CT molecular complexity index is 987. The molecule has 1 amide bonds. The van der Waals surface area contributed by atoms with Gasteiger partial charge in [-0.15, -0.1) is 0 Å². The molecule has 14 heteroatoms. The van der Waals surface area contributed by atoms with Crippen LogP contribution in [0, 0.1) is 5.92 Å². The van der Waals surface area contributed by atoms with Crippen molar-refractivity contribution >= 4 is 40.6 Å². The molecule has 1 fully saturated rings. The molecule has 1 saturated heterocycles. The highest BCUT2D eigenvalue weighted by Crippen LogP contribution is 2.39. The largest absolute Gasteiger partial charge is 0.467 e. The number of rotatable bonds is 6. The van der Waals surface area contributed by atoms with Crippen molar-refractivity contribution in [1.29, 1.82) is 0 Å². The maximum absolute atomic E-state index is 13.3. The van der Waals surface area contributed by atoms with Crippen molar-refractivity contribution in [2.24, 2.45) is 5.92 Å². The molecule has 35 heavy (non-hydrogen) atoms. The highest BCUT2D eigenvalue weighted by Gasteiger charge is 2.52. The molecule has 0 spiro atoms. The second-order valence-corrected chi connectivity index (χ2v) is 7.89. The van der Waals surface area contributed by atoms with Crippen molar-refractivity contribution in [2.45, 2.75) is 51.5 Å². The van der Waals surface area contributed by atoms with Crippen LogP contribution >= 0.6 is 11.6 Å². The number of esters is 3. The lowest BCUT2D eigenvalue weighted by Gasteiger charge is -2.43. The van der Waals surface area contributed by atoms with E-state index in [9.17, 15) is 32.3 Å². The number of benzene rings is 1. The molecule has 1 aliphatic rings. The zero-order valence-electron chi connectivity index (χ0n) is 19.3. The fourth-order valence-corrected chi connectivity index (χ4v) is 3.50. The molecule has 0 radical (unpaired) electrons. The zero-order valence-corrected chi connectivity index (χ0v) is 20.0. The number of halogens is 4. The molecule has 0 aliphatic carbocycles. The molecule has 5 atom stereocenters. The lowest BCUT2D eigenvalue weighted by molar-refractivity contribution is -0.266. The third-order valence-electron chi connectivity index (χ3n) is 5.06. The Morgan fingerprint density at radius 1 is 1.06 bits per heavy atom. The number of methoxy groups -OCH3 is 1. The number of hydrogen-bond donors (Lipinski definition) is 0. The number of carbonyl (C=O) groups is 4. The van der Waals surface area contributed by atoms with Gasteiger partial charge in [-0.05, 0) is 29.8 Å². The number of amides is 1. The summed E-state index contributed by atoms with van der Waals surface area (Å²) in [6.07, 6.45) is -10.5. The summed E-state index contributed by atoms with van der Waals surface area (Å²) in [7, 11) is 2.19. The van der Waals surface area contributed by atoms with Crippen LogP contribution in [0.4, 0.5) is 23.7 Å². The van der Waals surface area contributed by atoms with Gasteiger partial charge in [0.1, 0.15) is 5.75 Å². The van der Waals surface area contributed by atoms with Crippen molar-refractivity contribution in [3.63, 3.8) is 0 Å².